The Balaban J connectivity index is 0.000000202. The van der Waals surface area contributed by atoms with Crippen LogP contribution >= 0.6 is 0 Å². The molecule has 0 saturated heterocycles. The smallest absolute Gasteiger partial charge is 0.314 e. The minimum absolute atomic E-state index is 0.00734. The average Bonchev–Trinajstić information content (AvgIpc) is 3.25. The quantitative estimate of drug-likeness (QED) is 0.115. The van der Waals surface area contributed by atoms with Crippen LogP contribution in [0.25, 0.3) is 0 Å². The molecule has 310 valence electrons. The first kappa shape index (κ1) is 43.2. The van der Waals surface area contributed by atoms with Crippen molar-refractivity contribution >= 4 is 5.97 Å². The highest BCUT2D eigenvalue weighted by molar-refractivity contribution is 5.75. The molecule has 0 unspecified atom stereocenters. The van der Waals surface area contributed by atoms with E-state index >= 15 is 0 Å². The molecular formula is C54H82O2. The van der Waals surface area contributed by atoms with Gasteiger partial charge in [-0.1, -0.05) is 113 Å². The average molecular weight is 763 g/mol. The molecule has 56 heavy (non-hydrogen) atoms. The maximum atomic E-state index is 12.8. The van der Waals surface area contributed by atoms with Crippen LogP contribution in [0.1, 0.15) is 209 Å². The Bertz CT molecular complexity index is 1380. The van der Waals surface area contributed by atoms with E-state index < -0.39 is 0 Å². The van der Waals surface area contributed by atoms with Crippen LogP contribution in [0.3, 0.4) is 0 Å². The lowest BCUT2D eigenvalue weighted by Crippen LogP contribution is -2.30. The summed E-state index contributed by atoms with van der Waals surface area (Å²) < 4.78 is 5.83. The number of carbonyl (C=O) groups excluding carboxylic acids is 1. The first-order chi connectivity index (χ1) is 27.4. The molecule has 5 aliphatic rings. The Morgan fingerprint density at radius 1 is 0.536 bits per heavy atom. The minimum atomic E-state index is 0.00734. The number of rotatable bonds is 13. The number of aryl methyl sites for hydroxylation is 1. The molecule has 5 fully saturated rings. The van der Waals surface area contributed by atoms with E-state index in [2.05, 4.69) is 69.8 Å². The number of benzene rings is 2. The van der Waals surface area contributed by atoms with Crippen molar-refractivity contribution < 1.29 is 9.53 Å². The monoisotopic (exact) mass is 763 g/mol. The van der Waals surface area contributed by atoms with E-state index in [0.717, 1.165) is 65.9 Å². The molecule has 2 heteroatoms. The second-order valence-corrected chi connectivity index (χ2v) is 19.8. The third-order valence-corrected chi connectivity index (χ3v) is 16.1. The number of ether oxygens (including phenoxy) is 1. The molecule has 2 aromatic carbocycles. The van der Waals surface area contributed by atoms with Crippen LogP contribution in [-0.2, 0) is 4.79 Å². The van der Waals surface area contributed by atoms with E-state index in [4.69, 9.17) is 4.74 Å². The zero-order valence-electron chi connectivity index (χ0n) is 36.4. The molecule has 5 saturated carbocycles. The SMILES string of the molecule is C=CCCC1CCC(C2CCC(c3ccc(C)cc3)CC2)CC1.CCCC1CCC(c2ccc(OC(=O)C3CCC(C4CCC(CCC)CC4)CC3)cc2)CC1. The summed E-state index contributed by atoms with van der Waals surface area (Å²) in [7, 11) is 0. The molecule has 5 aliphatic carbocycles. The van der Waals surface area contributed by atoms with Crippen molar-refractivity contribution in [2.75, 3.05) is 0 Å². The van der Waals surface area contributed by atoms with Gasteiger partial charge in [-0.05, 0) is 199 Å². The molecule has 0 amide bonds. The molecule has 0 aromatic heterocycles. The zero-order chi connectivity index (χ0) is 39.1. The maximum Gasteiger partial charge on any atom is 0.314 e. The van der Waals surface area contributed by atoms with E-state index in [-0.39, 0.29) is 11.9 Å². The largest absolute Gasteiger partial charge is 0.426 e. The highest BCUT2D eigenvalue weighted by atomic mass is 16.5. The second-order valence-electron chi connectivity index (χ2n) is 19.8. The van der Waals surface area contributed by atoms with E-state index in [9.17, 15) is 4.79 Å². The van der Waals surface area contributed by atoms with Crippen molar-refractivity contribution in [2.24, 2.45) is 47.3 Å². The number of hydrogen-bond acceptors (Lipinski definition) is 2. The third kappa shape index (κ3) is 12.8. The molecule has 2 nitrogen and oxygen atoms in total. The Kier molecular flexibility index (Phi) is 17.5. The summed E-state index contributed by atoms with van der Waals surface area (Å²) in [6, 6.07) is 17.8. The molecule has 0 bridgehead atoms. The predicted molar refractivity (Wildman–Crippen MR) is 238 cm³/mol. The van der Waals surface area contributed by atoms with E-state index in [1.807, 2.05) is 12.1 Å². The summed E-state index contributed by atoms with van der Waals surface area (Å²) >= 11 is 0. The van der Waals surface area contributed by atoms with Crippen molar-refractivity contribution in [1.29, 1.82) is 0 Å². The van der Waals surface area contributed by atoms with Gasteiger partial charge in [0.25, 0.3) is 0 Å². The fourth-order valence-corrected chi connectivity index (χ4v) is 12.4. The summed E-state index contributed by atoms with van der Waals surface area (Å²) in [4.78, 5) is 12.8. The second kappa shape index (κ2) is 22.7. The Morgan fingerprint density at radius 2 is 0.911 bits per heavy atom. The molecular weight excluding hydrogens is 681 g/mol. The van der Waals surface area contributed by atoms with Gasteiger partial charge in [0.2, 0.25) is 0 Å². The number of carbonyl (C=O) groups is 1. The van der Waals surface area contributed by atoms with E-state index in [0.29, 0.717) is 5.92 Å². The lowest BCUT2D eigenvalue weighted by molar-refractivity contribution is -0.140. The summed E-state index contributed by atoms with van der Waals surface area (Å²) in [5.41, 5.74) is 4.40. The van der Waals surface area contributed by atoms with Gasteiger partial charge in [-0.15, -0.1) is 6.58 Å². The Hall–Kier alpha value is -2.35. The van der Waals surface area contributed by atoms with Gasteiger partial charge in [-0.2, -0.15) is 0 Å². The molecule has 0 heterocycles. The molecule has 0 spiro atoms. The molecule has 0 aliphatic heterocycles. The van der Waals surface area contributed by atoms with Crippen molar-refractivity contribution in [2.45, 2.75) is 200 Å². The highest BCUT2D eigenvalue weighted by Crippen LogP contribution is 2.45. The van der Waals surface area contributed by atoms with E-state index in [1.165, 1.54) is 165 Å². The topological polar surface area (TPSA) is 26.3 Å². The molecule has 2 aromatic rings. The van der Waals surface area contributed by atoms with Gasteiger partial charge in [0.15, 0.2) is 0 Å². The number of esters is 1. The van der Waals surface area contributed by atoms with Crippen LogP contribution in [0.2, 0.25) is 0 Å². The van der Waals surface area contributed by atoms with Crippen molar-refractivity contribution in [3.8, 4) is 5.75 Å². The van der Waals surface area contributed by atoms with Gasteiger partial charge in [-0.25, -0.2) is 0 Å². The van der Waals surface area contributed by atoms with Gasteiger partial charge < -0.3 is 4.74 Å². The summed E-state index contributed by atoms with van der Waals surface area (Å²) in [5, 5.41) is 0. The summed E-state index contributed by atoms with van der Waals surface area (Å²) in [6.45, 7) is 10.7. The number of hydrogen-bond donors (Lipinski definition) is 0. The Morgan fingerprint density at radius 3 is 1.36 bits per heavy atom. The van der Waals surface area contributed by atoms with Crippen LogP contribution in [0.5, 0.6) is 5.75 Å². The lowest BCUT2D eigenvalue weighted by Gasteiger charge is -2.38. The van der Waals surface area contributed by atoms with Gasteiger partial charge in [0.05, 0.1) is 5.92 Å². The fourth-order valence-electron chi connectivity index (χ4n) is 12.4. The summed E-state index contributed by atoms with van der Waals surface area (Å²) in [5.74, 6) is 9.12. The van der Waals surface area contributed by atoms with Crippen LogP contribution in [0.4, 0.5) is 0 Å². The van der Waals surface area contributed by atoms with Gasteiger partial charge in [0.1, 0.15) is 5.75 Å². The normalized spacial score (nSPS) is 32.4. The zero-order valence-corrected chi connectivity index (χ0v) is 36.4. The first-order valence-corrected chi connectivity index (χ1v) is 24.4. The minimum Gasteiger partial charge on any atom is -0.426 e. The van der Waals surface area contributed by atoms with Crippen molar-refractivity contribution in [3.63, 3.8) is 0 Å². The molecule has 7 rings (SSSR count). The van der Waals surface area contributed by atoms with Crippen LogP contribution in [0, 0.1) is 54.3 Å². The number of allylic oxidation sites excluding steroid dienone is 1. The summed E-state index contributed by atoms with van der Waals surface area (Å²) in [6.07, 6.45) is 37.5. The highest BCUT2D eigenvalue weighted by Gasteiger charge is 2.34. The van der Waals surface area contributed by atoms with Crippen LogP contribution < -0.4 is 4.74 Å². The van der Waals surface area contributed by atoms with Crippen molar-refractivity contribution in [3.05, 3.63) is 77.9 Å². The molecule has 0 atom stereocenters. The van der Waals surface area contributed by atoms with E-state index in [1.54, 1.807) is 5.56 Å². The standard InChI is InChI=1S/C31H48O2.C23H34/c1-3-5-23-7-11-25(12-8-23)27-15-17-29(18-16-27)31(32)33-30-21-19-28(20-22-30)26-13-9-24(6-4-2)10-14-26;1-3-4-5-19-8-12-21(13-9-19)23-16-14-22(15-17-23)20-10-6-18(2)7-11-20/h19-27,29H,3-18H2,1-2H3;3,6-7,10-11,19,21-23H,1,4-5,8-9,12-17H2,2H3. The van der Waals surface area contributed by atoms with Crippen molar-refractivity contribution in [1.82, 2.24) is 0 Å². The predicted octanol–water partition coefficient (Wildman–Crippen LogP) is 16.1. The molecule has 0 radical (unpaired) electrons. The van der Waals surface area contributed by atoms with Crippen LogP contribution in [0.15, 0.2) is 61.2 Å². The lowest BCUT2D eigenvalue weighted by atomic mass is 9.68. The van der Waals surface area contributed by atoms with Gasteiger partial charge in [-0.3, -0.25) is 4.79 Å². The maximum absolute atomic E-state index is 12.8. The first-order valence-electron chi connectivity index (χ1n) is 24.4. The molecule has 0 N–H and O–H groups in total. The van der Waals surface area contributed by atoms with Gasteiger partial charge in [0, 0.05) is 0 Å². The fraction of sp³-hybridized carbons (Fsp3) is 0.722. The Labute approximate surface area is 344 Å². The van der Waals surface area contributed by atoms with Gasteiger partial charge >= 0.3 is 5.97 Å². The third-order valence-electron chi connectivity index (χ3n) is 16.1. The van der Waals surface area contributed by atoms with Crippen LogP contribution in [-0.4, -0.2) is 5.97 Å².